The topological polar surface area (TPSA) is 40.5 Å². The zero-order valence-corrected chi connectivity index (χ0v) is 18.9. The number of phenols is 2. The fourth-order valence-corrected chi connectivity index (χ4v) is 3.12. The maximum absolute atomic E-state index is 10.3. The standard InChI is InChI=1S/C18H26O2.C3H6.2C2H6/c1-3-4-5-8-14-11-16(19)18(17(20)12-14)15-9-6-7-13(2)10-15;1-3-2;2*1-2/h10-12,15,19-20H,3-9H2,1-2H3;3H,1H2,2H3;2*1-2H3/t15-;;;/m0.../s1. The second-order valence-corrected chi connectivity index (χ2v) is 6.42. The van der Waals surface area contributed by atoms with E-state index in [9.17, 15) is 10.2 Å². The third kappa shape index (κ3) is 10.9. The normalized spacial score (nSPS) is 14.9. The molecular weight excluding hydrogens is 332 g/mol. The molecule has 0 saturated heterocycles. The van der Waals surface area contributed by atoms with Gasteiger partial charge in [0, 0.05) is 11.5 Å². The highest BCUT2D eigenvalue weighted by Gasteiger charge is 2.21. The molecule has 0 fully saturated rings. The van der Waals surface area contributed by atoms with E-state index >= 15 is 0 Å². The molecular formula is C25H44O2. The van der Waals surface area contributed by atoms with Gasteiger partial charge in [-0.05, 0) is 63.6 Å². The SMILES string of the molecule is C=CC.CC.CC.CCCCCc1cc(O)c([C@@H]2C=C(C)CCC2)c(O)c1. The van der Waals surface area contributed by atoms with Gasteiger partial charge in [-0.3, -0.25) is 0 Å². The van der Waals surface area contributed by atoms with Crippen LogP contribution in [0.1, 0.15) is 104 Å². The number of benzene rings is 1. The molecule has 2 N–H and O–H groups in total. The highest BCUT2D eigenvalue weighted by atomic mass is 16.3. The van der Waals surface area contributed by atoms with Crippen molar-refractivity contribution in [2.24, 2.45) is 0 Å². The molecule has 1 aromatic carbocycles. The minimum atomic E-state index is 0.161. The third-order valence-electron chi connectivity index (χ3n) is 4.21. The molecule has 0 aliphatic heterocycles. The first-order valence-electron chi connectivity index (χ1n) is 10.8. The fourth-order valence-electron chi connectivity index (χ4n) is 3.12. The summed E-state index contributed by atoms with van der Waals surface area (Å²) >= 11 is 0. The van der Waals surface area contributed by atoms with Crippen LogP contribution in [0.2, 0.25) is 0 Å². The summed E-state index contributed by atoms with van der Waals surface area (Å²) in [5.74, 6) is 0.674. The molecule has 2 heteroatoms. The van der Waals surface area contributed by atoms with E-state index in [0.717, 1.165) is 37.7 Å². The maximum atomic E-state index is 10.3. The van der Waals surface area contributed by atoms with Crippen molar-refractivity contribution in [2.75, 3.05) is 0 Å². The van der Waals surface area contributed by atoms with Crippen molar-refractivity contribution in [1.82, 2.24) is 0 Å². The maximum Gasteiger partial charge on any atom is 0.123 e. The van der Waals surface area contributed by atoms with E-state index in [1.165, 1.54) is 18.4 Å². The lowest BCUT2D eigenvalue weighted by molar-refractivity contribution is 0.427. The van der Waals surface area contributed by atoms with E-state index in [2.05, 4.69) is 26.5 Å². The second kappa shape index (κ2) is 17.7. The van der Waals surface area contributed by atoms with Gasteiger partial charge in [0.2, 0.25) is 0 Å². The van der Waals surface area contributed by atoms with Crippen molar-refractivity contribution in [2.45, 2.75) is 99.3 Å². The number of rotatable bonds is 5. The molecule has 0 saturated carbocycles. The summed E-state index contributed by atoms with van der Waals surface area (Å²) in [4.78, 5) is 0. The third-order valence-corrected chi connectivity index (χ3v) is 4.21. The molecule has 1 aromatic rings. The summed E-state index contributed by atoms with van der Waals surface area (Å²) in [5, 5.41) is 20.6. The van der Waals surface area contributed by atoms with Crippen molar-refractivity contribution in [3.8, 4) is 11.5 Å². The van der Waals surface area contributed by atoms with Crippen LogP contribution < -0.4 is 0 Å². The van der Waals surface area contributed by atoms with Gasteiger partial charge in [0.25, 0.3) is 0 Å². The number of hydrogen-bond acceptors (Lipinski definition) is 2. The molecule has 0 heterocycles. The smallest absolute Gasteiger partial charge is 0.123 e. The molecule has 0 bridgehead atoms. The minimum absolute atomic E-state index is 0.161. The van der Waals surface area contributed by atoms with E-state index < -0.39 is 0 Å². The quantitative estimate of drug-likeness (QED) is 0.401. The molecule has 27 heavy (non-hydrogen) atoms. The summed E-state index contributed by atoms with van der Waals surface area (Å²) in [6, 6.07) is 3.67. The first kappa shape index (κ1) is 27.5. The van der Waals surface area contributed by atoms with Crippen LogP contribution in [-0.4, -0.2) is 10.2 Å². The van der Waals surface area contributed by atoms with Crippen molar-refractivity contribution >= 4 is 0 Å². The molecule has 1 atom stereocenters. The van der Waals surface area contributed by atoms with E-state index in [4.69, 9.17) is 0 Å². The Morgan fingerprint density at radius 2 is 1.59 bits per heavy atom. The fraction of sp³-hybridized carbons (Fsp3) is 0.600. The lowest BCUT2D eigenvalue weighted by Gasteiger charge is -2.22. The Labute approximate surface area is 169 Å². The van der Waals surface area contributed by atoms with Crippen LogP contribution in [0.25, 0.3) is 0 Å². The van der Waals surface area contributed by atoms with Crippen molar-refractivity contribution < 1.29 is 10.2 Å². The van der Waals surface area contributed by atoms with Gasteiger partial charge in [-0.15, -0.1) is 6.58 Å². The molecule has 1 aliphatic rings. The molecule has 2 nitrogen and oxygen atoms in total. The summed E-state index contributed by atoms with van der Waals surface area (Å²) in [5.41, 5.74) is 3.10. The number of aryl methyl sites for hydroxylation is 1. The minimum Gasteiger partial charge on any atom is -0.507 e. The van der Waals surface area contributed by atoms with Crippen LogP contribution in [0.15, 0.2) is 36.4 Å². The average Bonchev–Trinajstić information content (AvgIpc) is 2.65. The van der Waals surface area contributed by atoms with E-state index in [0.29, 0.717) is 5.56 Å². The van der Waals surface area contributed by atoms with Crippen LogP contribution >= 0.6 is 0 Å². The van der Waals surface area contributed by atoms with Crippen LogP contribution in [-0.2, 0) is 6.42 Å². The highest BCUT2D eigenvalue weighted by molar-refractivity contribution is 5.50. The number of aromatic hydroxyl groups is 2. The average molecular weight is 377 g/mol. The molecule has 0 spiro atoms. The molecule has 2 rings (SSSR count). The van der Waals surface area contributed by atoms with E-state index in [1.807, 2.05) is 46.8 Å². The Kier molecular flexibility index (Phi) is 18.0. The molecule has 0 aromatic heterocycles. The molecule has 0 radical (unpaired) electrons. The van der Waals surface area contributed by atoms with Gasteiger partial charge in [0.15, 0.2) is 0 Å². The van der Waals surface area contributed by atoms with Gasteiger partial charge < -0.3 is 10.2 Å². The first-order valence-corrected chi connectivity index (χ1v) is 10.8. The predicted molar refractivity (Wildman–Crippen MR) is 122 cm³/mol. The predicted octanol–water partition coefficient (Wildman–Crippen LogP) is 8.29. The Morgan fingerprint density at radius 1 is 1.07 bits per heavy atom. The van der Waals surface area contributed by atoms with Crippen LogP contribution in [0.5, 0.6) is 11.5 Å². The number of hydrogen-bond donors (Lipinski definition) is 2. The second-order valence-electron chi connectivity index (χ2n) is 6.42. The van der Waals surface area contributed by atoms with Gasteiger partial charge in [-0.2, -0.15) is 0 Å². The van der Waals surface area contributed by atoms with Crippen LogP contribution in [0.3, 0.4) is 0 Å². The Bertz CT molecular complexity index is 506. The summed E-state index contributed by atoms with van der Waals surface area (Å²) < 4.78 is 0. The highest BCUT2D eigenvalue weighted by Crippen LogP contribution is 2.41. The Balaban J connectivity index is 0. The Morgan fingerprint density at radius 3 is 2.04 bits per heavy atom. The molecule has 0 unspecified atom stereocenters. The summed E-state index contributed by atoms with van der Waals surface area (Å²) in [6.45, 7) is 17.6. The lowest BCUT2D eigenvalue weighted by Crippen LogP contribution is -2.03. The van der Waals surface area contributed by atoms with Crippen molar-refractivity contribution in [1.29, 1.82) is 0 Å². The van der Waals surface area contributed by atoms with Gasteiger partial charge in [-0.25, -0.2) is 0 Å². The van der Waals surface area contributed by atoms with E-state index in [-0.39, 0.29) is 17.4 Å². The number of allylic oxidation sites excluding steroid dienone is 3. The van der Waals surface area contributed by atoms with Gasteiger partial charge in [-0.1, -0.05) is 65.2 Å². The zero-order chi connectivity index (χ0) is 21.2. The molecule has 1 aliphatic carbocycles. The zero-order valence-electron chi connectivity index (χ0n) is 18.9. The van der Waals surface area contributed by atoms with Gasteiger partial charge in [0.1, 0.15) is 11.5 Å². The summed E-state index contributed by atoms with van der Waals surface area (Å²) in [7, 11) is 0. The summed E-state index contributed by atoms with van der Waals surface area (Å²) in [6.07, 6.45) is 11.6. The number of phenolic OH excluding ortho intramolecular Hbond substituents is 2. The molecule has 156 valence electrons. The monoisotopic (exact) mass is 376 g/mol. The van der Waals surface area contributed by atoms with Gasteiger partial charge >= 0.3 is 0 Å². The number of unbranched alkanes of at least 4 members (excludes halogenated alkanes) is 2. The lowest BCUT2D eigenvalue weighted by atomic mass is 9.84. The Hall–Kier alpha value is -1.70. The molecule has 0 amide bonds. The van der Waals surface area contributed by atoms with Crippen molar-refractivity contribution in [3.63, 3.8) is 0 Å². The van der Waals surface area contributed by atoms with Crippen LogP contribution in [0.4, 0.5) is 0 Å². The van der Waals surface area contributed by atoms with Gasteiger partial charge in [0.05, 0.1) is 0 Å². The van der Waals surface area contributed by atoms with E-state index in [1.54, 1.807) is 6.08 Å². The van der Waals surface area contributed by atoms with Crippen LogP contribution in [0, 0.1) is 0 Å². The largest absolute Gasteiger partial charge is 0.507 e. The van der Waals surface area contributed by atoms with Crippen molar-refractivity contribution in [3.05, 3.63) is 47.6 Å². The first-order chi connectivity index (χ1) is 13.0.